The number of anilines is 2. The van der Waals surface area contributed by atoms with Crippen LogP contribution in [0.25, 0.3) is 11.0 Å². The van der Waals surface area contributed by atoms with Gasteiger partial charge in [0.05, 0.1) is 29.7 Å². The van der Waals surface area contributed by atoms with E-state index in [0.29, 0.717) is 24.0 Å². The number of hydrogen-bond acceptors (Lipinski definition) is 4. The largest absolute Gasteiger partial charge is 0.491 e. The third kappa shape index (κ3) is 3.43. The Labute approximate surface area is 162 Å². The number of aromatic nitrogens is 2. The SMILES string of the molecule is CCCn1c(NC(=O)CN2C(=O)CCOc3ccccc32)nc2ccccc21. The van der Waals surface area contributed by atoms with E-state index in [9.17, 15) is 9.59 Å². The van der Waals surface area contributed by atoms with Gasteiger partial charge in [-0.1, -0.05) is 31.2 Å². The molecule has 1 N–H and O–H groups in total. The van der Waals surface area contributed by atoms with Crippen LogP contribution in [0.5, 0.6) is 5.75 Å². The van der Waals surface area contributed by atoms with E-state index in [-0.39, 0.29) is 24.8 Å². The van der Waals surface area contributed by atoms with E-state index in [1.807, 2.05) is 41.0 Å². The van der Waals surface area contributed by atoms with Crippen LogP contribution in [0.15, 0.2) is 48.5 Å². The van der Waals surface area contributed by atoms with Crippen molar-refractivity contribution >= 4 is 34.5 Å². The zero-order valence-corrected chi connectivity index (χ0v) is 15.7. The van der Waals surface area contributed by atoms with Crippen LogP contribution < -0.4 is 15.0 Å². The zero-order valence-electron chi connectivity index (χ0n) is 15.7. The summed E-state index contributed by atoms with van der Waals surface area (Å²) in [5.74, 6) is 0.680. The number of amides is 2. The van der Waals surface area contributed by atoms with Gasteiger partial charge in [-0.05, 0) is 30.7 Å². The Balaban J connectivity index is 1.59. The van der Waals surface area contributed by atoms with Crippen LogP contribution in [0.4, 0.5) is 11.6 Å². The fraction of sp³-hybridized carbons (Fsp3) is 0.286. The number of benzene rings is 2. The Morgan fingerprint density at radius 3 is 2.82 bits per heavy atom. The number of imidazole rings is 1. The molecule has 0 atom stereocenters. The molecule has 2 aromatic carbocycles. The average molecular weight is 378 g/mol. The third-order valence-electron chi connectivity index (χ3n) is 4.69. The van der Waals surface area contributed by atoms with Crippen LogP contribution in [-0.2, 0) is 16.1 Å². The van der Waals surface area contributed by atoms with Gasteiger partial charge in [0.15, 0.2) is 0 Å². The highest BCUT2D eigenvalue weighted by Crippen LogP contribution is 2.31. The number of rotatable bonds is 5. The van der Waals surface area contributed by atoms with E-state index in [1.165, 1.54) is 4.90 Å². The predicted molar refractivity (Wildman–Crippen MR) is 108 cm³/mol. The van der Waals surface area contributed by atoms with Gasteiger partial charge in [0, 0.05) is 6.54 Å². The van der Waals surface area contributed by atoms with E-state index in [0.717, 1.165) is 24.0 Å². The van der Waals surface area contributed by atoms with Crippen LogP contribution in [0.3, 0.4) is 0 Å². The molecule has 2 heterocycles. The van der Waals surface area contributed by atoms with Crippen molar-refractivity contribution in [3.63, 3.8) is 0 Å². The van der Waals surface area contributed by atoms with Gasteiger partial charge in [0.2, 0.25) is 17.8 Å². The number of aryl methyl sites for hydroxylation is 1. The normalized spacial score (nSPS) is 13.8. The highest BCUT2D eigenvalue weighted by molar-refractivity contribution is 6.03. The molecule has 0 saturated heterocycles. The number of hydrogen-bond donors (Lipinski definition) is 1. The summed E-state index contributed by atoms with van der Waals surface area (Å²) in [4.78, 5) is 31.3. The lowest BCUT2D eigenvalue weighted by molar-refractivity contribution is -0.121. The number of carbonyl (C=O) groups is 2. The molecular formula is C21H22N4O3. The van der Waals surface area contributed by atoms with Gasteiger partial charge < -0.3 is 9.30 Å². The Kier molecular flexibility index (Phi) is 4.97. The number of nitrogens with zero attached hydrogens (tertiary/aromatic N) is 3. The van der Waals surface area contributed by atoms with Gasteiger partial charge in [0.1, 0.15) is 12.3 Å². The molecule has 2 amide bonds. The second-order valence-corrected chi connectivity index (χ2v) is 6.67. The van der Waals surface area contributed by atoms with Crippen LogP contribution in [0.2, 0.25) is 0 Å². The molecule has 1 aliphatic rings. The molecule has 0 saturated carbocycles. The second kappa shape index (κ2) is 7.72. The molecule has 0 spiro atoms. The van der Waals surface area contributed by atoms with Crippen molar-refractivity contribution in [2.45, 2.75) is 26.3 Å². The third-order valence-corrected chi connectivity index (χ3v) is 4.69. The maximum atomic E-state index is 12.8. The standard InChI is InChI=1S/C21H22N4O3/c1-2-12-24-16-8-4-3-7-15(16)22-21(24)23-19(26)14-25-17-9-5-6-10-18(17)28-13-11-20(25)27/h3-10H,2,11-14H2,1H3,(H,22,23,26). The van der Waals surface area contributed by atoms with Crippen molar-refractivity contribution in [3.8, 4) is 5.75 Å². The molecule has 0 radical (unpaired) electrons. The summed E-state index contributed by atoms with van der Waals surface area (Å²) in [7, 11) is 0. The Morgan fingerprint density at radius 1 is 1.18 bits per heavy atom. The summed E-state index contributed by atoms with van der Waals surface area (Å²) >= 11 is 0. The molecule has 4 rings (SSSR count). The van der Waals surface area contributed by atoms with Crippen molar-refractivity contribution in [2.24, 2.45) is 0 Å². The van der Waals surface area contributed by atoms with E-state index < -0.39 is 0 Å². The van der Waals surface area contributed by atoms with Crippen LogP contribution in [0.1, 0.15) is 19.8 Å². The van der Waals surface area contributed by atoms with E-state index in [4.69, 9.17) is 4.74 Å². The maximum absolute atomic E-state index is 12.8. The highest BCUT2D eigenvalue weighted by atomic mass is 16.5. The lowest BCUT2D eigenvalue weighted by Crippen LogP contribution is -2.38. The first kappa shape index (κ1) is 18.0. The molecular weight excluding hydrogens is 356 g/mol. The molecule has 28 heavy (non-hydrogen) atoms. The fourth-order valence-electron chi connectivity index (χ4n) is 3.42. The van der Waals surface area contributed by atoms with Crippen molar-refractivity contribution in [1.82, 2.24) is 9.55 Å². The molecule has 3 aromatic rings. The average Bonchev–Trinajstić information content (AvgIpc) is 2.95. The zero-order chi connectivity index (χ0) is 19.5. The summed E-state index contributed by atoms with van der Waals surface area (Å²) in [6.07, 6.45) is 1.15. The first-order valence-electron chi connectivity index (χ1n) is 9.44. The van der Waals surface area contributed by atoms with Crippen molar-refractivity contribution < 1.29 is 14.3 Å². The van der Waals surface area contributed by atoms with Crippen LogP contribution in [-0.4, -0.2) is 34.5 Å². The van der Waals surface area contributed by atoms with Gasteiger partial charge in [-0.2, -0.15) is 0 Å². The topological polar surface area (TPSA) is 76.5 Å². The van der Waals surface area contributed by atoms with Gasteiger partial charge in [0.25, 0.3) is 0 Å². The van der Waals surface area contributed by atoms with E-state index in [2.05, 4.69) is 17.2 Å². The minimum Gasteiger partial charge on any atom is -0.491 e. The first-order valence-corrected chi connectivity index (χ1v) is 9.44. The Morgan fingerprint density at radius 2 is 1.96 bits per heavy atom. The molecule has 144 valence electrons. The fourth-order valence-corrected chi connectivity index (χ4v) is 3.42. The minimum absolute atomic E-state index is 0.0888. The van der Waals surface area contributed by atoms with Crippen molar-refractivity contribution in [2.75, 3.05) is 23.4 Å². The molecule has 7 nitrogen and oxygen atoms in total. The summed E-state index contributed by atoms with van der Waals surface area (Å²) in [5.41, 5.74) is 2.42. The lowest BCUT2D eigenvalue weighted by atomic mass is 10.2. The van der Waals surface area contributed by atoms with Gasteiger partial charge >= 0.3 is 0 Å². The summed E-state index contributed by atoms with van der Waals surface area (Å²) in [5, 5.41) is 2.88. The van der Waals surface area contributed by atoms with Gasteiger partial charge in [-0.3, -0.25) is 19.8 Å². The molecule has 1 aliphatic heterocycles. The molecule has 1 aromatic heterocycles. The number of para-hydroxylation sites is 4. The Bertz CT molecular complexity index is 1030. The van der Waals surface area contributed by atoms with Crippen LogP contribution in [0, 0.1) is 0 Å². The van der Waals surface area contributed by atoms with Gasteiger partial charge in [-0.15, -0.1) is 0 Å². The number of carbonyl (C=O) groups excluding carboxylic acids is 2. The Hall–Kier alpha value is -3.35. The number of nitrogens with one attached hydrogen (secondary N) is 1. The summed E-state index contributed by atoms with van der Waals surface area (Å²) < 4.78 is 7.62. The molecule has 0 unspecified atom stereocenters. The second-order valence-electron chi connectivity index (χ2n) is 6.67. The van der Waals surface area contributed by atoms with Crippen molar-refractivity contribution in [3.05, 3.63) is 48.5 Å². The summed E-state index contributed by atoms with van der Waals surface area (Å²) in [6.45, 7) is 3.04. The summed E-state index contributed by atoms with van der Waals surface area (Å²) in [6, 6.07) is 15.0. The molecule has 7 heteroatoms. The minimum atomic E-state index is -0.294. The van der Waals surface area contributed by atoms with E-state index in [1.54, 1.807) is 12.1 Å². The van der Waals surface area contributed by atoms with Crippen LogP contribution >= 0.6 is 0 Å². The maximum Gasteiger partial charge on any atom is 0.246 e. The first-order chi connectivity index (χ1) is 13.7. The number of ether oxygens (including phenoxy) is 1. The lowest BCUT2D eigenvalue weighted by Gasteiger charge is -2.21. The number of fused-ring (bicyclic) bond motifs is 2. The monoisotopic (exact) mass is 378 g/mol. The molecule has 0 bridgehead atoms. The van der Waals surface area contributed by atoms with Gasteiger partial charge in [-0.25, -0.2) is 4.98 Å². The molecule has 0 fully saturated rings. The van der Waals surface area contributed by atoms with E-state index >= 15 is 0 Å². The highest BCUT2D eigenvalue weighted by Gasteiger charge is 2.25. The quantitative estimate of drug-likeness (QED) is 0.740. The molecule has 0 aliphatic carbocycles. The smallest absolute Gasteiger partial charge is 0.246 e. The predicted octanol–water partition coefficient (Wildman–Crippen LogP) is 3.20. The van der Waals surface area contributed by atoms with Crippen molar-refractivity contribution in [1.29, 1.82) is 0 Å².